The molecule has 22 heavy (non-hydrogen) atoms. The van der Waals surface area contributed by atoms with Crippen molar-refractivity contribution in [3.05, 3.63) is 53.3 Å². The predicted molar refractivity (Wildman–Crippen MR) is 92.1 cm³/mol. The van der Waals surface area contributed by atoms with Gasteiger partial charge >= 0.3 is 0 Å². The summed E-state index contributed by atoms with van der Waals surface area (Å²) in [6.45, 7) is 1.86. The molecule has 2 aromatic heterocycles. The van der Waals surface area contributed by atoms with E-state index in [9.17, 15) is 0 Å². The van der Waals surface area contributed by atoms with Crippen molar-refractivity contribution in [1.29, 1.82) is 0 Å². The molecular weight excluding hydrogens is 318 g/mol. The average molecular weight is 336 g/mol. The molecule has 0 N–H and O–H groups in total. The van der Waals surface area contributed by atoms with Crippen LogP contribution in [-0.2, 0) is 6.54 Å². The van der Waals surface area contributed by atoms with Gasteiger partial charge in [0.1, 0.15) is 17.6 Å². The highest BCUT2D eigenvalue weighted by atomic mass is 35.5. The van der Waals surface area contributed by atoms with Gasteiger partial charge in [-0.3, -0.25) is 4.90 Å². The number of fused-ring (bicyclic) bond motifs is 2. The van der Waals surface area contributed by atoms with Gasteiger partial charge < -0.3 is 9.15 Å². The van der Waals surface area contributed by atoms with Gasteiger partial charge in [-0.25, -0.2) is 0 Å². The molecule has 0 amide bonds. The lowest BCUT2D eigenvalue weighted by Gasteiger charge is -2.18. The first-order valence-electron chi connectivity index (χ1n) is 7.19. The number of benzene rings is 1. The molecule has 1 aliphatic heterocycles. The average Bonchev–Trinajstić information content (AvgIpc) is 3.10. The van der Waals surface area contributed by atoms with Crippen LogP contribution >= 0.6 is 23.7 Å². The zero-order valence-electron chi connectivity index (χ0n) is 12.3. The van der Waals surface area contributed by atoms with Crippen LogP contribution in [0, 0.1) is 0 Å². The fraction of sp³-hybridized carbons (Fsp3) is 0.294. The second-order valence-corrected chi connectivity index (χ2v) is 6.44. The molecule has 3 nitrogen and oxygen atoms in total. The van der Waals surface area contributed by atoms with Crippen molar-refractivity contribution in [2.45, 2.75) is 19.1 Å². The molecular formula is C17H18ClNO2S. The number of hydrogen-bond donors (Lipinski definition) is 0. The van der Waals surface area contributed by atoms with Crippen molar-refractivity contribution in [1.82, 2.24) is 4.90 Å². The molecule has 0 bridgehead atoms. The van der Waals surface area contributed by atoms with E-state index in [-0.39, 0.29) is 18.5 Å². The van der Waals surface area contributed by atoms with Gasteiger partial charge in [-0.05, 0) is 36.0 Å². The third-order valence-electron chi connectivity index (χ3n) is 4.03. The Morgan fingerprint density at radius 2 is 2.18 bits per heavy atom. The maximum atomic E-state index is 6.36. The van der Waals surface area contributed by atoms with Crippen molar-refractivity contribution in [2.75, 3.05) is 13.6 Å². The van der Waals surface area contributed by atoms with Gasteiger partial charge in [0, 0.05) is 18.5 Å². The van der Waals surface area contributed by atoms with Crippen LogP contribution in [0.1, 0.15) is 23.8 Å². The van der Waals surface area contributed by atoms with Crippen LogP contribution in [0.3, 0.4) is 0 Å². The Kier molecular flexibility index (Phi) is 4.43. The van der Waals surface area contributed by atoms with Crippen LogP contribution in [-0.4, -0.2) is 18.5 Å². The van der Waals surface area contributed by atoms with E-state index in [4.69, 9.17) is 9.15 Å². The van der Waals surface area contributed by atoms with Crippen LogP contribution in [0.15, 0.2) is 46.4 Å². The summed E-state index contributed by atoms with van der Waals surface area (Å²) in [5.74, 6) is 2.00. The fourth-order valence-corrected chi connectivity index (χ4v) is 3.77. The molecule has 0 aliphatic carbocycles. The minimum Gasteiger partial charge on any atom is -0.484 e. The van der Waals surface area contributed by atoms with Crippen molar-refractivity contribution >= 4 is 33.8 Å². The van der Waals surface area contributed by atoms with E-state index in [2.05, 4.69) is 41.6 Å². The molecule has 4 rings (SSSR count). The summed E-state index contributed by atoms with van der Waals surface area (Å²) < 4.78 is 13.2. The summed E-state index contributed by atoms with van der Waals surface area (Å²) in [5, 5.41) is 3.36. The number of thiophene rings is 1. The standard InChI is InChI=1S/C17H17NO2S.ClH/c1-18-8-5-14(13-6-9-19-16(13)11-18)20-15-4-2-3-12-7-10-21-17(12)15;/h2-4,6-7,9-10,14H,5,8,11H2,1H3;1H. The molecule has 0 saturated carbocycles. The fourth-order valence-electron chi connectivity index (χ4n) is 2.92. The van der Waals surface area contributed by atoms with E-state index in [1.165, 1.54) is 15.6 Å². The normalized spacial score (nSPS) is 18.5. The quantitative estimate of drug-likeness (QED) is 0.668. The van der Waals surface area contributed by atoms with Gasteiger partial charge in [0.2, 0.25) is 0 Å². The molecule has 1 aliphatic rings. The van der Waals surface area contributed by atoms with E-state index in [0.29, 0.717) is 0 Å². The number of nitrogens with zero attached hydrogens (tertiary/aromatic N) is 1. The third kappa shape index (κ3) is 2.74. The molecule has 3 aromatic rings. The van der Waals surface area contributed by atoms with E-state index in [1.54, 1.807) is 17.6 Å². The Hall–Kier alpha value is -1.49. The Morgan fingerprint density at radius 1 is 1.27 bits per heavy atom. The molecule has 0 spiro atoms. The number of halogens is 1. The van der Waals surface area contributed by atoms with E-state index < -0.39 is 0 Å². The first-order valence-corrected chi connectivity index (χ1v) is 8.07. The minimum absolute atomic E-state index is 0. The van der Waals surface area contributed by atoms with Crippen LogP contribution in [0.2, 0.25) is 0 Å². The van der Waals surface area contributed by atoms with E-state index >= 15 is 0 Å². The van der Waals surface area contributed by atoms with Gasteiger partial charge in [-0.15, -0.1) is 23.7 Å². The predicted octanol–water partition coefficient (Wildman–Crippen LogP) is 4.87. The Labute approximate surface area is 139 Å². The summed E-state index contributed by atoms with van der Waals surface area (Å²) in [6, 6.07) is 10.4. The summed E-state index contributed by atoms with van der Waals surface area (Å²) in [5.41, 5.74) is 1.19. The lowest BCUT2D eigenvalue weighted by atomic mass is 10.1. The van der Waals surface area contributed by atoms with Crippen LogP contribution < -0.4 is 4.74 Å². The Morgan fingerprint density at radius 3 is 3.09 bits per heavy atom. The van der Waals surface area contributed by atoms with Gasteiger partial charge in [0.25, 0.3) is 0 Å². The zero-order valence-corrected chi connectivity index (χ0v) is 14.0. The zero-order chi connectivity index (χ0) is 14.2. The third-order valence-corrected chi connectivity index (χ3v) is 4.97. The minimum atomic E-state index is 0. The molecule has 1 atom stereocenters. The molecule has 5 heteroatoms. The van der Waals surface area contributed by atoms with Crippen LogP contribution in [0.25, 0.3) is 10.1 Å². The molecule has 3 heterocycles. The highest BCUT2D eigenvalue weighted by Crippen LogP contribution is 2.36. The van der Waals surface area contributed by atoms with Crippen molar-refractivity contribution < 1.29 is 9.15 Å². The van der Waals surface area contributed by atoms with Gasteiger partial charge in [-0.1, -0.05) is 12.1 Å². The van der Waals surface area contributed by atoms with Gasteiger partial charge in [0.05, 0.1) is 17.5 Å². The molecule has 116 valence electrons. The van der Waals surface area contributed by atoms with Crippen molar-refractivity contribution in [3.63, 3.8) is 0 Å². The summed E-state index contributed by atoms with van der Waals surface area (Å²) >= 11 is 1.73. The Balaban J connectivity index is 0.00000144. The second kappa shape index (κ2) is 6.32. The smallest absolute Gasteiger partial charge is 0.138 e. The highest BCUT2D eigenvalue weighted by Gasteiger charge is 2.25. The summed E-state index contributed by atoms with van der Waals surface area (Å²) in [7, 11) is 2.12. The lowest BCUT2D eigenvalue weighted by molar-refractivity contribution is 0.185. The molecule has 1 unspecified atom stereocenters. The molecule has 0 saturated heterocycles. The monoisotopic (exact) mass is 335 g/mol. The number of ether oxygens (including phenoxy) is 1. The van der Waals surface area contributed by atoms with Crippen LogP contribution in [0.5, 0.6) is 5.75 Å². The maximum Gasteiger partial charge on any atom is 0.138 e. The largest absolute Gasteiger partial charge is 0.484 e. The van der Waals surface area contributed by atoms with Crippen molar-refractivity contribution in [2.24, 2.45) is 0 Å². The molecule has 0 radical (unpaired) electrons. The summed E-state index contributed by atoms with van der Waals surface area (Å²) in [6.07, 6.45) is 2.81. The van der Waals surface area contributed by atoms with E-state index in [0.717, 1.165) is 31.0 Å². The number of furan rings is 1. The van der Waals surface area contributed by atoms with Gasteiger partial charge in [0.15, 0.2) is 0 Å². The molecule has 0 fully saturated rings. The SMILES string of the molecule is CN1CCC(Oc2cccc3ccsc23)c2ccoc2C1.Cl. The number of rotatable bonds is 2. The number of hydrogen-bond acceptors (Lipinski definition) is 4. The van der Waals surface area contributed by atoms with Crippen LogP contribution in [0.4, 0.5) is 0 Å². The maximum absolute atomic E-state index is 6.36. The van der Waals surface area contributed by atoms with Crippen molar-refractivity contribution in [3.8, 4) is 5.75 Å². The Bertz CT molecular complexity index is 767. The first-order chi connectivity index (χ1) is 10.3. The van der Waals surface area contributed by atoms with E-state index in [1.807, 2.05) is 6.07 Å². The summed E-state index contributed by atoms with van der Waals surface area (Å²) in [4.78, 5) is 2.28. The lowest BCUT2D eigenvalue weighted by Crippen LogP contribution is -2.18. The topological polar surface area (TPSA) is 25.6 Å². The first kappa shape index (κ1) is 15.4. The molecule has 1 aromatic carbocycles. The van der Waals surface area contributed by atoms with Gasteiger partial charge in [-0.2, -0.15) is 0 Å². The highest BCUT2D eigenvalue weighted by molar-refractivity contribution is 7.17. The second-order valence-electron chi connectivity index (χ2n) is 5.53.